The summed E-state index contributed by atoms with van der Waals surface area (Å²) in [6.45, 7) is 2.58. The maximum absolute atomic E-state index is 12.9. The van der Waals surface area contributed by atoms with Gasteiger partial charge in [0.25, 0.3) is 11.8 Å². The Morgan fingerprint density at radius 1 is 0.658 bits per heavy atom. The number of carbonyl (C=O) groups is 2. The lowest BCUT2D eigenvalue weighted by Crippen LogP contribution is -2.17. The van der Waals surface area contributed by atoms with Crippen LogP contribution in [0.15, 0.2) is 72.8 Å². The van der Waals surface area contributed by atoms with E-state index in [9.17, 15) is 9.59 Å². The summed E-state index contributed by atoms with van der Waals surface area (Å²) in [4.78, 5) is 25.8. The highest BCUT2D eigenvalue weighted by molar-refractivity contribution is 6.10. The van der Waals surface area contributed by atoms with E-state index in [2.05, 4.69) is 10.6 Å². The third-order valence-electron chi connectivity index (χ3n) is 6.58. The molecule has 2 atom stereocenters. The number of ether oxygens (including phenoxy) is 4. The molecule has 0 aliphatic carbocycles. The molecule has 2 amide bonds. The first-order valence-electron chi connectivity index (χ1n) is 13.0. The quantitative estimate of drug-likeness (QED) is 0.379. The lowest BCUT2D eigenvalue weighted by molar-refractivity contribution is 0.0679. The standard InChI is InChI=1S/C30H32N2O6/c33-29(21-9-13-23(14-10-21)37-19-25-5-3-17-35-25)31-27-7-1-2-8-28(27)32-30(34)22-11-15-24(16-12-22)38-20-26-6-4-18-36-26/h1-2,7-16,25-26H,3-6,17-20H2,(H,31,33)(H,32,34). The summed E-state index contributed by atoms with van der Waals surface area (Å²) in [7, 11) is 0. The van der Waals surface area contributed by atoms with Crippen LogP contribution in [0.3, 0.4) is 0 Å². The third-order valence-corrected chi connectivity index (χ3v) is 6.58. The van der Waals surface area contributed by atoms with E-state index >= 15 is 0 Å². The summed E-state index contributed by atoms with van der Waals surface area (Å²) in [6.07, 6.45) is 4.40. The van der Waals surface area contributed by atoms with E-state index < -0.39 is 0 Å². The van der Waals surface area contributed by atoms with Crippen LogP contribution in [0, 0.1) is 0 Å². The second-order valence-electron chi connectivity index (χ2n) is 9.39. The fourth-order valence-electron chi connectivity index (χ4n) is 4.43. The molecule has 0 radical (unpaired) electrons. The van der Waals surface area contributed by atoms with Crippen LogP contribution >= 0.6 is 0 Å². The van der Waals surface area contributed by atoms with E-state index in [1.165, 1.54) is 0 Å². The highest BCUT2D eigenvalue weighted by Gasteiger charge is 2.18. The Kier molecular flexibility index (Phi) is 8.53. The van der Waals surface area contributed by atoms with Gasteiger partial charge in [-0.3, -0.25) is 9.59 Å². The van der Waals surface area contributed by atoms with Crippen LogP contribution in [0.1, 0.15) is 46.4 Å². The van der Waals surface area contributed by atoms with Crippen molar-refractivity contribution < 1.29 is 28.5 Å². The number of nitrogens with one attached hydrogen (secondary N) is 2. The highest BCUT2D eigenvalue weighted by atomic mass is 16.5. The number of hydrogen-bond acceptors (Lipinski definition) is 6. The van der Waals surface area contributed by atoms with E-state index in [0.717, 1.165) is 38.9 Å². The summed E-state index contributed by atoms with van der Waals surface area (Å²) in [6, 6.07) is 21.0. The van der Waals surface area contributed by atoms with E-state index in [0.29, 0.717) is 47.2 Å². The molecule has 3 aromatic rings. The van der Waals surface area contributed by atoms with Crippen molar-refractivity contribution in [3.05, 3.63) is 83.9 Å². The van der Waals surface area contributed by atoms with Gasteiger partial charge in [-0.1, -0.05) is 12.1 Å². The van der Waals surface area contributed by atoms with Crippen molar-refractivity contribution in [3.63, 3.8) is 0 Å². The highest BCUT2D eigenvalue weighted by Crippen LogP contribution is 2.24. The molecule has 5 rings (SSSR count). The van der Waals surface area contributed by atoms with E-state index in [1.807, 2.05) is 0 Å². The van der Waals surface area contributed by atoms with Crippen LogP contribution < -0.4 is 20.1 Å². The van der Waals surface area contributed by atoms with E-state index in [1.54, 1.807) is 72.8 Å². The van der Waals surface area contributed by atoms with Crippen LogP contribution in [0.25, 0.3) is 0 Å². The summed E-state index contributed by atoms with van der Waals surface area (Å²) in [5.41, 5.74) is 1.96. The SMILES string of the molecule is O=C(Nc1ccccc1NC(=O)c1ccc(OCC2CCCO2)cc1)c1ccc(OCC2CCCO2)cc1. The molecule has 8 nitrogen and oxygen atoms in total. The van der Waals surface area contributed by atoms with Gasteiger partial charge in [-0.05, 0) is 86.3 Å². The summed E-state index contributed by atoms with van der Waals surface area (Å²) < 4.78 is 22.7. The Balaban J connectivity index is 1.15. The summed E-state index contributed by atoms with van der Waals surface area (Å²) in [5, 5.41) is 5.77. The molecule has 2 heterocycles. The normalized spacial score (nSPS) is 18.6. The second kappa shape index (κ2) is 12.6. The first-order chi connectivity index (χ1) is 18.6. The van der Waals surface area contributed by atoms with Crippen LogP contribution in [0.2, 0.25) is 0 Å². The van der Waals surface area contributed by atoms with Crippen LogP contribution in [0.5, 0.6) is 11.5 Å². The zero-order chi connectivity index (χ0) is 26.2. The van der Waals surface area contributed by atoms with Crippen molar-refractivity contribution in [2.24, 2.45) is 0 Å². The molecule has 2 saturated heterocycles. The minimum Gasteiger partial charge on any atom is -0.491 e. The summed E-state index contributed by atoms with van der Waals surface area (Å²) >= 11 is 0. The molecule has 0 saturated carbocycles. The van der Waals surface area contributed by atoms with Gasteiger partial charge in [0.1, 0.15) is 24.7 Å². The number of carbonyl (C=O) groups excluding carboxylic acids is 2. The molecule has 2 aliphatic heterocycles. The molecule has 2 N–H and O–H groups in total. The van der Waals surface area contributed by atoms with Crippen molar-refractivity contribution in [2.45, 2.75) is 37.9 Å². The van der Waals surface area contributed by atoms with Crippen molar-refractivity contribution in [3.8, 4) is 11.5 Å². The number of rotatable bonds is 10. The summed E-state index contributed by atoms with van der Waals surface area (Å²) in [5.74, 6) is 0.802. The molecule has 8 heteroatoms. The van der Waals surface area contributed by atoms with Gasteiger partial charge in [0.2, 0.25) is 0 Å². The van der Waals surface area contributed by atoms with Gasteiger partial charge < -0.3 is 29.6 Å². The van der Waals surface area contributed by atoms with Gasteiger partial charge in [-0.15, -0.1) is 0 Å². The predicted octanol–water partition coefficient (Wildman–Crippen LogP) is 5.31. The largest absolute Gasteiger partial charge is 0.491 e. The molecular weight excluding hydrogens is 484 g/mol. The minimum atomic E-state index is -0.287. The number of para-hydroxylation sites is 2. The lowest BCUT2D eigenvalue weighted by atomic mass is 10.1. The predicted molar refractivity (Wildman–Crippen MR) is 144 cm³/mol. The molecule has 2 unspecified atom stereocenters. The molecule has 38 heavy (non-hydrogen) atoms. The van der Waals surface area contributed by atoms with E-state index in [4.69, 9.17) is 18.9 Å². The van der Waals surface area contributed by atoms with Gasteiger partial charge in [-0.25, -0.2) is 0 Å². The Morgan fingerprint density at radius 2 is 1.08 bits per heavy atom. The van der Waals surface area contributed by atoms with Crippen LogP contribution in [0.4, 0.5) is 11.4 Å². The maximum atomic E-state index is 12.9. The molecule has 198 valence electrons. The first-order valence-corrected chi connectivity index (χ1v) is 13.0. The van der Waals surface area contributed by atoms with Crippen molar-refractivity contribution in [1.29, 1.82) is 0 Å². The average molecular weight is 517 g/mol. The van der Waals surface area contributed by atoms with Gasteiger partial charge in [0.05, 0.1) is 23.6 Å². The van der Waals surface area contributed by atoms with Gasteiger partial charge in [-0.2, -0.15) is 0 Å². The number of benzene rings is 3. The Hall–Kier alpha value is -3.88. The zero-order valence-corrected chi connectivity index (χ0v) is 21.2. The monoisotopic (exact) mass is 516 g/mol. The fraction of sp³-hybridized carbons (Fsp3) is 0.333. The molecule has 2 fully saturated rings. The Labute approximate surface area is 222 Å². The molecule has 0 aromatic heterocycles. The maximum Gasteiger partial charge on any atom is 0.255 e. The van der Waals surface area contributed by atoms with Crippen LogP contribution in [-0.2, 0) is 9.47 Å². The molecular formula is C30H32N2O6. The smallest absolute Gasteiger partial charge is 0.255 e. The van der Waals surface area contributed by atoms with Crippen molar-refractivity contribution >= 4 is 23.2 Å². The topological polar surface area (TPSA) is 95.1 Å². The molecule has 0 spiro atoms. The van der Waals surface area contributed by atoms with E-state index in [-0.39, 0.29) is 24.0 Å². The van der Waals surface area contributed by atoms with Crippen LogP contribution in [-0.4, -0.2) is 50.4 Å². The molecule has 3 aromatic carbocycles. The van der Waals surface area contributed by atoms with Gasteiger partial charge >= 0.3 is 0 Å². The molecule has 0 bridgehead atoms. The Morgan fingerprint density at radius 3 is 1.45 bits per heavy atom. The van der Waals surface area contributed by atoms with Crippen molar-refractivity contribution in [1.82, 2.24) is 0 Å². The van der Waals surface area contributed by atoms with Crippen molar-refractivity contribution in [2.75, 3.05) is 37.1 Å². The van der Waals surface area contributed by atoms with Gasteiger partial charge in [0, 0.05) is 24.3 Å². The number of hydrogen-bond donors (Lipinski definition) is 2. The number of anilines is 2. The number of amides is 2. The lowest BCUT2D eigenvalue weighted by Gasteiger charge is -2.14. The third kappa shape index (κ3) is 6.90. The van der Waals surface area contributed by atoms with Gasteiger partial charge in [0.15, 0.2) is 0 Å². The first kappa shape index (κ1) is 25.8. The Bertz CT molecular complexity index is 1120. The zero-order valence-electron chi connectivity index (χ0n) is 21.2. The second-order valence-corrected chi connectivity index (χ2v) is 9.39. The fourth-order valence-corrected chi connectivity index (χ4v) is 4.43. The average Bonchev–Trinajstić information content (AvgIpc) is 3.67. The minimum absolute atomic E-state index is 0.132. The molecule has 2 aliphatic rings.